The molecule has 2 N–H and O–H groups in total. The van der Waals surface area contributed by atoms with E-state index < -0.39 is 12.0 Å². The highest BCUT2D eigenvalue weighted by molar-refractivity contribution is 4.82. The van der Waals surface area contributed by atoms with Gasteiger partial charge in [-0.3, -0.25) is 0 Å². The van der Waals surface area contributed by atoms with E-state index in [1.807, 2.05) is 0 Å². The van der Waals surface area contributed by atoms with E-state index in [0.717, 1.165) is 6.42 Å². The summed E-state index contributed by atoms with van der Waals surface area (Å²) in [5, 5.41) is 0. The number of hydrogen-bond donors (Lipinski definition) is 1. The molecule has 1 unspecified atom stereocenters. The van der Waals surface area contributed by atoms with Gasteiger partial charge in [0.2, 0.25) is 0 Å². The molecule has 1 saturated carbocycles. The van der Waals surface area contributed by atoms with Crippen LogP contribution in [0, 0.1) is 5.92 Å². The summed E-state index contributed by atoms with van der Waals surface area (Å²) in [6.07, 6.45) is 5.18. The normalized spacial score (nSPS) is 23.8. The second-order valence-corrected chi connectivity index (χ2v) is 4.85. The van der Waals surface area contributed by atoms with Crippen molar-refractivity contribution in [2.75, 3.05) is 0 Å². The minimum absolute atomic E-state index is 0.454. The fourth-order valence-electron chi connectivity index (χ4n) is 2.10. The van der Waals surface area contributed by atoms with Gasteiger partial charge in [0.15, 0.2) is 0 Å². The second-order valence-electron chi connectivity index (χ2n) is 4.85. The lowest BCUT2D eigenvalue weighted by Crippen LogP contribution is -2.44. The topological polar surface area (TPSA) is 26.0 Å². The van der Waals surface area contributed by atoms with E-state index in [1.165, 1.54) is 39.0 Å². The zero-order valence-electron chi connectivity index (χ0n) is 8.94. The fraction of sp³-hybridized carbons (Fsp3) is 1.00. The monoisotopic (exact) mass is 205 g/mol. The number of hydrogen-bond acceptors (Lipinski definition) is 1. The molecule has 1 atom stereocenters. The Labute approximate surface area is 85.1 Å². The summed E-state index contributed by atoms with van der Waals surface area (Å²) in [5.41, 5.74) is 4.25. The van der Waals surface area contributed by atoms with Crippen LogP contribution in [0.1, 0.15) is 51.9 Å². The van der Waals surface area contributed by atoms with Crippen molar-refractivity contribution in [2.45, 2.75) is 63.8 Å². The molecule has 1 fully saturated rings. The minimum atomic E-state index is -2.40. The summed E-state index contributed by atoms with van der Waals surface area (Å²) >= 11 is 0. The lowest BCUT2D eigenvalue weighted by Gasteiger charge is -2.28. The fourth-order valence-corrected chi connectivity index (χ4v) is 2.10. The molecular weight excluding hydrogens is 184 g/mol. The molecule has 0 aromatic rings. The quantitative estimate of drug-likeness (QED) is 0.748. The van der Waals surface area contributed by atoms with Gasteiger partial charge >= 0.3 is 0 Å². The van der Waals surface area contributed by atoms with Gasteiger partial charge in [-0.2, -0.15) is 0 Å². The number of nitrogens with two attached hydrogens (primary N) is 1. The van der Waals surface area contributed by atoms with Crippen LogP contribution in [0.15, 0.2) is 0 Å². The first-order valence-electron chi connectivity index (χ1n) is 5.59. The highest BCUT2D eigenvalue weighted by atomic mass is 19.3. The Morgan fingerprint density at radius 1 is 1.29 bits per heavy atom. The van der Waals surface area contributed by atoms with Crippen LogP contribution >= 0.6 is 0 Å². The van der Waals surface area contributed by atoms with Gasteiger partial charge in [-0.05, 0) is 25.7 Å². The lowest BCUT2D eigenvalue weighted by molar-refractivity contribution is 0.0539. The molecule has 0 spiro atoms. The van der Waals surface area contributed by atoms with Crippen molar-refractivity contribution in [1.82, 2.24) is 0 Å². The third-order valence-electron chi connectivity index (χ3n) is 3.31. The Balaban J connectivity index is 2.24. The van der Waals surface area contributed by atoms with Gasteiger partial charge in [0.25, 0.3) is 6.43 Å². The first-order chi connectivity index (χ1) is 6.52. The molecule has 0 aromatic heterocycles. The largest absolute Gasteiger partial charge is 0.321 e. The molecule has 1 aliphatic carbocycles. The van der Waals surface area contributed by atoms with E-state index in [-0.39, 0.29) is 0 Å². The Bertz CT molecular complexity index is 163. The van der Waals surface area contributed by atoms with Crippen molar-refractivity contribution in [3.8, 4) is 0 Å². The molecule has 0 bridgehead atoms. The van der Waals surface area contributed by atoms with Gasteiger partial charge in [0.05, 0.1) is 5.54 Å². The summed E-state index contributed by atoms with van der Waals surface area (Å²) < 4.78 is 24.9. The summed E-state index contributed by atoms with van der Waals surface area (Å²) in [6, 6.07) is 0. The average molecular weight is 205 g/mol. The molecule has 1 aliphatic rings. The standard InChI is InChI=1S/C11H21F2N/c1-11(14,10(12)13)8-7-9-5-3-2-4-6-9/h9-10H,2-8,14H2,1H3. The van der Waals surface area contributed by atoms with Crippen LogP contribution in [0.3, 0.4) is 0 Å². The summed E-state index contributed by atoms with van der Waals surface area (Å²) in [4.78, 5) is 0. The van der Waals surface area contributed by atoms with Crippen LogP contribution < -0.4 is 5.73 Å². The van der Waals surface area contributed by atoms with Crippen LogP contribution in [0.5, 0.6) is 0 Å². The maximum atomic E-state index is 12.4. The summed E-state index contributed by atoms with van der Waals surface area (Å²) in [7, 11) is 0. The van der Waals surface area contributed by atoms with Crippen LogP contribution in [0.25, 0.3) is 0 Å². The van der Waals surface area contributed by atoms with Crippen molar-refractivity contribution in [2.24, 2.45) is 11.7 Å². The Morgan fingerprint density at radius 3 is 2.36 bits per heavy atom. The Morgan fingerprint density at radius 2 is 1.86 bits per heavy atom. The first kappa shape index (κ1) is 11.9. The van der Waals surface area contributed by atoms with Crippen molar-refractivity contribution in [1.29, 1.82) is 0 Å². The van der Waals surface area contributed by atoms with E-state index >= 15 is 0 Å². The lowest BCUT2D eigenvalue weighted by atomic mass is 9.83. The summed E-state index contributed by atoms with van der Waals surface area (Å²) in [6.45, 7) is 1.46. The van der Waals surface area contributed by atoms with E-state index in [9.17, 15) is 8.78 Å². The van der Waals surface area contributed by atoms with Crippen molar-refractivity contribution >= 4 is 0 Å². The second kappa shape index (κ2) is 5.06. The molecular formula is C11H21F2N. The van der Waals surface area contributed by atoms with Crippen LogP contribution in [-0.4, -0.2) is 12.0 Å². The third-order valence-corrected chi connectivity index (χ3v) is 3.31. The molecule has 1 rings (SSSR count). The zero-order valence-corrected chi connectivity index (χ0v) is 8.94. The van der Waals surface area contributed by atoms with Gasteiger partial charge < -0.3 is 5.73 Å². The van der Waals surface area contributed by atoms with E-state index in [4.69, 9.17) is 5.73 Å². The van der Waals surface area contributed by atoms with Gasteiger partial charge in [-0.1, -0.05) is 32.1 Å². The van der Waals surface area contributed by atoms with Gasteiger partial charge in [0, 0.05) is 0 Å². The molecule has 1 nitrogen and oxygen atoms in total. The van der Waals surface area contributed by atoms with E-state index in [1.54, 1.807) is 0 Å². The van der Waals surface area contributed by atoms with Crippen LogP contribution in [0.2, 0.25) is 0 Å². The van der Waals surface area contributed by atoms with E-state index in [2.05, 4.69) is 0 Å². The van der Waals surface area contributed by atoms with E-state index in [0.29, 0.717) is 12.3 Å². The molecule has 3 heteroatoms. The van der Waals surface area contributed by atoms with Crippen molar-refractivity contribution in [3.05, 3.63) is 0 Å². The SMILES string of the molecule is CC(N)(CCC1CCCCC1)C(F)F. The smallest absolute Gasteiger partial charge is 0.255 e. The molecule has 0 aliphatic heterocycles. The molecule has 0 radical (unpaired) electrons. The summed E-state index contributed by atoms with van der Waals surface area (Å²) in [5.74, 6) is 0.644. The van der Waals surface area contributed by atoms with Crippen LogP contribution in [0.4, 0.5) is 8.78 Å². The molecule has 84 valence electrons. The molecule has 14 heavy (non-hydrogen) atoms. The first-order valence-corrected chi connectivity index (χ1v) is 5.59. The van der Waals surface area contributed by atoms with Gasteiger partial charge in [-0.15, -0.1) is 0 Å². The number of rotatable bonds is 4. The molecule has 0 aromatic carbocycles. The maximum absolute atomic E-state index is 12.4. The zero-order chi connectivity index (χ0) is 10.6. The highest BCUT2D eigenvalue weighted by Crippen LogP contribution is 2.30. The molecule has 0 saturated heterocycles. The van der Waals surface area contributed by atoms with Gasteiger partial charge in [0.1, 0.15) is 0 Å². The average Bonchev–Trinajstić information content (AvgIpc) is 2.16. The number of halogens is 2. The Hall–Kier alpha value is -0.180. The third kappa shape index (κ3) is 3.52. The van der Waals surface area contributed by atoms with Gasteiger partial charge in [-0.25, -0.2) is 8.78 Å². The number of alkyl halides is 2. The molecule has 0 amide bonds. The van der Waals surface area contributed by atoms with Crippen LogP contribution in [-0.2, 0) is 0 Å². The predicted molar refractivity (Wildman–Crippen MR) is 54.4 cm³/mol. The van der Waals surface area contributed by atoms with Crippen molar-refractivity contribution in [3.63, 3.8) is 0 Å². The Kier molecular flexibility index (Phi) is 4.30. The maximum Gasteiger partial charge on any atom is 0.255 e. The molecule has 0 heterocycles. The predicted octanol–water partition coefficient (Wildman–Crippen LogP) is 3.33. The minimum Gasteiger partial charge on any atom is -0.321 e. The highest BCUT2D eigenvalue weighted by Gasteiger charge is 2.30. The van der Waals surface area contributed by atoms with Crippen molar-refractivity contribution < 1.29 is 8.78 Å².